The summed E-state index contributed by atoms with van der Waals surface area (Å²) in [5, 5.41) is 0. The van der Waals surface area contributed by atoms with Gasteiger partial charge in [-0.05, 0) is 6.92 Å². The molecular weight excluding hydrogens is 204 g/mol. The Morgan fingerprint density at radius 3 is 2.50 bits per heavy atom. The molecule has 0 aromatic carbocycles. The summed E-state index contributed by atoms with van der Waals surface area (Å²) in [5.74, 6) is 0.697. The number of carbonyl (C=O) groups excluding carboxylic acids is 1. The summed E-state index contributed by atoms with van der Waals surface area (Å²) >= 11 is 0. The van der Waals surface area contributed by atoms with Crippen molar-refractivity contribution in [1.29, 1.82) is 0 Å². The number of methoxy groups -OCH3 is 1. The van der Waals surface area contributed by atoms with Crippen molar-refractivity contribution in [1.82, 2.24) is 9.97 Å². The minimum Gasteiger partial charge on any atom is -0.481 e. The summed E-state index contributed by atoms with van der Waals surface area (Å²) < 4.78 is 5.09. The third kappa shape index (κ3) is 2.78. The van der Waals surface area contributed by atoms with Gasteiger partial charge >= 0.3 is 0 Å². The van der Waals surface area contributed by atoms with Gasteiger partial charge in [0, 0.05) is 17.4 Å². The van der Waals surface area contributed by atoms with Gasteiger partial charge in [-0.2, -0.15) is 0 Å². The summed E-state index contributed by atoms with van der Waals surface area (Å²) in [6, 6.07) is 0. The van der Waals surface area contributed by atoms with E-state index in [2.05, 4.69) is 9.97 Å². The van der Waals surface area contributed by atoms with E-state index in [4.69, 9.17) is 4.74 Å². The van der Waals surface area contributed by atoms with Gasteiger partial charge in [-0.25, -0.2) is 9.97 Å². The number of ether oxygens (including phenoxy) is 1. The summed E-state index contributed by atoms with van der Waals surface area (Å²) in [6.07, 6.45) is 1.76. The first kappa shape index (κ1) is 12.6. The number of rotatable bonds is 3. The minimum atomic E-state index is -0.343. The van der Waals surface area contributed by atoms with Crippen LogP contribution in [0.5, 0.6) is 5.88 Å². The molecule has 0 aliphatic heterocycles. The molecule has 0 atom stereocenters. The van der Waals surface area contributed by atoms with E-state index >= 15 is 0 Å². The Bertz CT molecular complexity index is 394. The average Bonchev–Trinajstić information content (AvgIpc) is 2.19. The van der Waals surface area contributed by atoms with Crippen LogP contribution in [0.2, 0.25) is 0 Å². The van der Waals surface area contributed by atoms with Crippen LogP contribution in [0.4, 0.5) is 0 Å². The number of carbonyl (C=O) groups is 1. The smallest absolute Gasteiger partial charge is 0.219 e. The van der Waals surface area contributed by atoms with E-state index in [1.165, 1.54) is 6.33 Å². The van der Waals surface area contributed by atoms with Crippen molar-refractivity contribution in [3.8, 4) is 5.88 Å². The summed E-state index contributed by atoms with van der Waals surface area (Å²) in [7, 11) is 1.56. The van der Waals surface area contributed by atoms with Crippen molar-refractivity contribution < 1.29 is 9.53 Å². The first-order chi connectivity index (χ1) is 7.36. The van der Waals surface area contributed by atoms with Crippen molar-refractivity contribution in [2.45, 2.75) is 34.1 Å². The zero-order valence-corrected chi connectivity index (χ0v) is 10.5. The molecule has 1 heterocycles. The van der Waals surface area contributed by atoms with Gasteiger partial charge in [0.15, 0.2) is 0 Å². The molecule has 1 aromatic rings. The molecule has 0 spiro atoms. The number of hydrogen-bond donors (Lipinski definition) is 0. The lowest BCUT2D eigenvalue weighted by Crippen LogP contribution is -2.23. The maximum Gasteiger partial charge on any atom is 0.219 e. The fourth-order valence-corrected chi connectivity index (χ4v) is 1.27. The Balaban J connectivity index is 2.94. The number of Topliss-reactive ketones (excluding diaryl/α,β-unsaturated/α-hetero) is 1. The van der Waals surface area contributed by atoms with Crippen LogP contribution in [-0.4, -0.2) is 22.9 Å². The third-order valence-corrected chi connectivity index (χ3v) is 2.50. The van der Waals surface area contributed by atoms with Crippen LogP contribution in [0, 0.1) is 12.3 Å². The Hall–Kier alpha value is -1.45. The first-order valence-electron chi connectivity index (χ1n) is 5.24. The molecule has 0 aliphatic rings. The van der Waals surface area contributed by atoms with Gasteiger partial charge in [-0.1, -0.05) is 20.8 Å². The van der Waals surface area contributed by atoms with Crippen LogP contribution >= 0.6 is 0 Å². The molecule has 4 heteroatoms. The highest BCUT2D eigenvalue weighted by molar-refractivity contribution is 5.85. The zero-order chi connectivity index (χ0) is 12.3. The monoisotopic (exact) mass is 222 g/mol. The number of hydrogen-bond acceptors (Lipinski definition) is 4. The van der Waals surface area contributed by atoms with Crippen molar-refractivity contribution in [2.75, 3.05) is 7.11 Å². The van der Waals surface area contributed by atoms with E-state index < -0.39 is 0 Å². The van der Waals surface area contributed by atoms with Crippen LogP contribution in [-0.2, 0) is 11.2 Å². The zero-order valence-electron chi connectivity index (χ0n) is 10.5. The molecule has 0 bridgehead atoms. The fraction of sp³-hybridized carbons (Fsp3) is 0.583. The molecule has 16 heavy (non-hydrogen) atoms. The van der Waals surface area contributed by atoms with Crippen LogP contribution in [0.1, 0.15) is 32.0 Å². The van der Waals surface area contributed by atoms with Gasteiger partial charge in [0.1, 0.15) is 12.1 Å². The second kappa shape index (κ2) is 4.60. The average molecular weight is 222 g/mol. The predicted octanol–water partition coefficient (Wildman–Crippen LogP) is 1.95. The van der Waals surface area contributed by atoms with Crippen LogP contribution in [0.15, 0.2) is 6.33 Å². The molecular formula is C12H18N2O2. The molecule has 0 fully saturated rings. The molecule has 1 aromatic heterocycles. The van der Waals surface area contributed by atoms with E-state index in [9.17, 15) is 4.79 Å². The molecule has 0 amide bonds. The fourth-order valence-electron chi connectivity index (χ4n) is 1.27. The first-order valence-corrected chi connectivity index (χ1v) is 5.24. The molecule has 0 radical (unpaired) electrons. The Morgan fingerprint density at radius 1 is 1.38 bits per heavy atom. The molecule has 1 rings (SSSR count). The Labute approximate surface area is 96.1 Å². The summed E-state index contributed by atoms with van der Waals surface area (Å²) in [4.78, 5) is 20.0. The van der Waals surface area contributed by atoms with Gasteiger partial charge in [0.2, 0.25) is 5.88 Å². The number of ketones is 1. The topological polar surface area (TPSA) is 52.1 Å². The standard InChI is InChI=1S/C12H18N2O2/c1-8-9(6-10(15)12(2,3)4)13-7-14-11(8)16-5/h7H,6H2,1-5H3. The molecule has 0 saturated heterocycles. The lowest BCUT2D eigenvalue weighted by atomic mass is 9.87. The molecule has 0 aliphatic carbocycles. The molecule has 0 saturated carbocycles. The van der Waals surface area contributed by atoms with Crippen LogP contribution < -0.4 is 4.74 Å². The quantitative estimate of drug-likeness (QED) is 0.784. The number of aromatic nitrogens is 2. The highest BCUT2D eigenvalue weighted by Crippen LogP contribution is 2.21. The van der Waals surface area contributed by atoms with Gasteiger partial charge in [-0.3, -0.25) is 4.79 Å². The van der Waals surface area contributed by atoms with Crippen LogP contribution in [0.3, 0.4) is 0 Å². The van der Waals surface area contributed by atoms with Crippen molar-refractivity contribution in [3.63, 3.8) is 0 Å². The summed E-state index contributed by atoms with van der Waals surface area (Å²) in [5.41, 5.74) is 1.24. The second-order valence-corrected chi connectivity index (χ2v) is 4.80. The minimum absolute atomic E-state index is 0.163. The number of nitrogens with zero attached hydrogens (tertiary/aromatic N) is 2. The Morgan fingerprint density at radius 2 is 2.00 bits per heavy atom. The van der Waals surface area contributed by atoms with Gasteiger partial charge in [0.25, 0.3) is 0 Å². The van der Waals surface area contributed by atoms with Gasteiger partial charge in [0.05, 0.1) is 12.8 Å². The van der Waals surface area contributed by atoms with Crippen molar-refractivity contribution in [2.24, 2.45) is 5.41 Å². The predicted molar refractivity (Wildman–Crippen MR) is 61.5 cm³/mol. The van der Waals surface area contributed by atoms with E-state index in [0.717, 1.165) is 11.3 Å². The van der Waals surface area contributed by atoms with E-state index in [0.29, 0.717) is 12.3 Å². The Kier molecular flexibility index (Phi) is 3.62. The van der Waals surface area contributed by atoms with Crippen LogP contribution in [0.25, 0.3) is 0 Å². The largest absolute Gasteiger partial charge is 0.481 e. The summed E-state index contributed by atoms with van der Waals surface area (Å²) in [6.45, 7) is 7.58. The molecule has 88 valence electrons. The molecule has 4 nitrogen and oxygen atoms in total. The molecule has 0 N–H and O–H groups in total. The van der Waals surface area contributed by atoms with Gasteiger partial charge < -0.3 is 4.74 Å². The second-order valence-electron chi connectivity index (χ2n) is 4.80. The van der Waals surface area contributed by atoms with E-state index in [-0.39, 0.29) is 11.2 Å². The lowest BCUT2D eigenvalue weighted by Gasteiger charge is -2.17. The maximum absolute atomic E-state index is 11.9. The maximum atomic E-state index is 11.9. The van der Waals surface area contributed by atoms with Crippen molar-refractivity contribution >= 4 is 5.78 Å². The highest BCUT2D eigenvalue weighted by Gasteiger charge is 2.23. The SMILES string of the molecule is COc1ncnc(CC(=O)C(C)(C)C)c1C. The van der Waals surface area contributed by atoms with E-state index in [1.54, 1.807) is 7.11 Å². The highest BCUT2D eigenvalue weighted by atomic mass is 16.5. The lowest BCUT2D eigenvalue weighted by molar-refractivity contribution is -0.125. The normalized spacial score (nSPS) is 11.3. The third-order valence-electron chi connectivity index (χ3n) is 2.50. The molecule has 0 unspecified atom stereocenters. The van der Waals surface area contributed by atoms with E-state index in [1.807, 2.05) is 27.7 Å². The van der Waals surface area contributed by atoms with Crippen molar-refractivity contribution in [3.05, 3.63) is 17.6 Å². The van der Waals surface area contributed by atoms with Gasteiger partial charge in [-0.15, -0.1) is 0 Å².